The van der Waals surface area contributed by atoms with Gasteiger partial charge in [-0.15, -0.1) is 0 Å². The Morgan fingerprint density at radius 3 is 2.44 bits per heavy atom. The molecule has 150 valence electrons. The minimum Gasteiger partial charge on any atom is -0.391 e. The van der Waals surface area contributed by atoms with Crippen molar-refractivity contribution in [2.45, 2.75) is 57.1 Å². The summed E-state index contributed by atoms with van der Waals surface area (Å²) in [5.41, 5.74) is 2.96. The minimum absolute atomic E-state index is 0.404. The molecule has 0 aliphatic carbocycles. The third-order valence-corrected chi connectivity index (χ3v) is 5.21. The van der Waals surface area contributed by atoms with E-state index < -0.39 is 54.3 Å². The molecule has 1 aromatic rings. The fraction of sp³-hybridized carbons (Fsp3) is 0.588. The van der Waals surface area contributed by atoms with Gasteiger partial charge in [0, 0.05) is 6.04 Å². The van der Waals surface area contributed by atoms with Crippen molar-refractivity contribution in [3.63, 3.8) is 0 Å². The van der Waals surface area contributed by atoms with Gasteiger partial charge < -0.3 is 15.5 Å². The lowest BCUT2D eigenvalue weighted by atomic mass is 9.91. The van der Waals surface area contributed by atoms with Crippen molar-refractivity contribution < 1.29 is 28.2 Å². The summed E-state index contributed by atoms with van der Waals surface area (Å²) in [5.74, 6) is -1.07. The van der Waals surface area contributed by atoms with E-state index in [0.29, 0.717) is 12.0 Å². The van der Waals surface area contributed by atoms with E-state index in [1.165, 1.54) is 12.1 Å². The lowest BCUT2D eigenvalue weighted by Crippen LogP contribution is -2.64. The van der Waals surface area contributed by atoms with Gasteiger partial charge in [-0.05, 0) is 31.0 Å². The van der Waals surface area contributed by atoms with Crippen molar-refractivity contribution in [3.05, 3.63) is 35.4 Å². The van der Waals surface area contributed by atoms with E-state index in [1.54, 1.807) is 18.9 Å². The number of aliphatic hydroxyl groups excluding tert-OH is 2. The topological polar surface area (TPSA) is 96.9 Å². The van der Waals surface area contributed by atoms with Crippen molar-refractivity contribution in [2.75, 3.05) is 0 Å². The smallest absolute Gasteiger partial charge is 0.391 e. The molecule has 2 heterocycles. The molecule has 10 heteroatoms. The highest BCUT2D eigenvalue weighted by atomic mass is 19.4. The Morgan fingerprint density at radius 1 is 1.26 bits per heavy atom. The lowest BCUT2D eigenvalue weighted by molar-refractivity contribution is -0.138. The molecule has 6 atom stereocenters. The molecular weight excluding hydrogens is 365 g/mol. The molecule has 7 nitrogen and oxygen atoms in total. The second-order valence-electron chi connectivity index (χ2n) is 6.88. The first kappa shape index (κ1) is 20.0. The Hall–Kier alpha value is -1.72. The van der Waals surface area contributed by atoms with Gasteiger partial charge in [-0.3, -0.25) is 10.1 Å². The highest BCUT2D eigenvalue weighted by molar-refractivity contribution is 5.81. The van der Waals surface area contributed by atoms with E-state index >= 15 is 0 Å². The van der Waals surface area contributed by atoms with Crippen LogP contribution in [0.3, 0.4) is 0 Å². The summed E-state index contributed by atoms with van der Waals surface area (Å²) in [7, 11) is 0. The first-order chi connectivity index (χ1) is 12.6. The molecule has 0 spiro atoms. The number of amides is 1. The highest BCUT2D eigenvalue weighted by Crippen LogP contribution is 2.35. The van der Waals surface area contributed by atoms with Crippen LogP contribution in [0.5, 0.6) is 0 Å². The zero-order valence-electron chi connectivity index (χ0n) is 14.9. The quantitative estimate of drug-likeness (QED) is 0.520. The summed E-state index contributed by atoms with van der Waals surface area (Å²) < 4.78 is 38.3. The standard InChI is InChI=1S/C17H23F3N4O3/c1-3-11(25)13-12-14(21-16(27)22-15(12)26)24(23-13)8(2)9-4-6-10(7-5-9)17(18,19)20/h4-8,11-14,16,21,23,25,27H,3H2,1-2H3,(H,22,26)/t8-,11+,12?,13?,14?,16?/m0/s1. The number of alkyl halides is 3. The van der Waals surface area contributed by atoms with Gasteiger partial charge in [-0.25, -0.2) is 10.4 Å². The molecule has 3 rings (SSSR count). The molecule has 1 amide bonds. The fourth-order valence-corrected chi connectivity index (χ4v) is 3.67. The maximum atomic E-state index is 12.8. The number of carbonyl (C=O) groups excluding carboxylic acids is 1. The maximum absolute atomic E-state index is 12.8. The van der Waals surface area contributed by atoms with Crippen molar-refractivity contribution in [1.82, 2.24) is 21.1 Å². The van der Waals surface area contributed by atoms with Crippen LogP contribution in [0.1, 0.15) is 37.4 Å². The Kier molecular flexibility index (Phi) is 5.46. The van der Waals surface area contributed by atoms with Crippen LogP contribution in [0, 0.1) is 5.92 Å². The molecule has 2 saturated heterocycles. The van der Waals surface area contributed by atoms with Crippen molar-refractivity contribution >= 4 is 5.91 Å². The van der Waals surface area contributed by atoms with E-state index in [4.69, 9.17) is 0 Å². The molecule has 5 N–H and O–H groups in total. The van der Waals surface area contributed by atoms with Gasteiger partial charge in [0.1, 0.15) is 0 Å². The van der Waals surface area contributed by atoms with Crippen LogP contribution < -0.4 is 16.1 Å². The van der Waals surface area contributed by atoms with Crippen LogP contribution in [0.25, 0.3) is 0 Å². The number of hydrazine groups is 1. The molecule has 2 aliphatic heterocycles. The number of halogens is 3. The number of nitrogens with one attached hydrogen (secondary N) is 3. The SMILES string of the molecule is CC[C@@H](O)C1NN([C@@H](C)c2ccc(C(F)(F)F)cc2)C2NC(O)NC(=O)C12. The Balaban J connectivity index is 1.87. The maximum Gasteiger partial charge on any atom is 0.416 e. The highest BCUT2D eigenvalue weighted by Gasteiger charge is 2.52. The van der Waals surface area contributed by atoms with Crippen LogP contribution in [0.2, 0.25) is 0 Å². The Labute approximate surface area is 154 Å². The van der Waals surface area contributed by atoms with Crippen molar-refractivity contribution in [3.8, 4) is 0 Å². The first-order valence-corrected chi connectivity index (χ1v) is 8.77. The van der Waals surface area contributed by atoms with Crippen LogP contribution in [0.4, 0.5) is 13.2 Å². The lowest BCUT2D eigenvalue weighted by Gasteiger charge is -2.37. The van der Waals surface area contributed by atoms with E-state index in [9.17, 15) is 28.2 Å². The number of hydrogen-bond donors (Lipinski definition) is 5. The normalized spacial score (nSPS) is 31.3. The van der Waals surface area contributed by atoms with Gasteiger partial charge in [0.2, 0.25) is 5.91 Å². The zero-order chi connectivity index (χ0) is 19.9. The van der Waals surface area contributed by atoms with E-state index in [0.717, 1.165) is 12.1 Å². The van der Waals surface area contributed by atoms with Gasteiger partial charge in [-0.1, -0.05) is 19.1 Å². The molecule has 0 saturated carbocycles. The van der Waals surface area contributed by atoms with E-state index in [-0.39, 0.29) is 0 Å². The number of fused-ring (bicyclic) bond motifs is 1. The fourth-order valence-electron chi connectivity index (χ4n) is 3.67. The summed E-state index contributed by atoms with van der Waals surface area (Å²) in [5, 5.41) is 27.0. The average molecular weight is 388 g/mol. The molecule has 0 bridgehead atoms. The van der Waals surface area contributed by atoms with Crippen LogP contribution in [0.15, 0.2) is 24.3 Å². The average Bonchev–Trinajstić information content (AvgIpc) is 2.99. The van der Waals surface area contributed by atoms with Gasteiger partial charge in [0.25, 0.3) is 0 Å². The Morgan fingerprint density at radius 2 is 1.89 bits per heavy atom. The molecule has 2 fully saturated rings. The number of nitrogens with zero attached hydrogens (tertiary/aromatic N) is 1. The zero-order valence-corrected chi connectivity index (χ0v) is 14.9. The minimum atomic E-state index is -4.41. The van der Waals surface area contributed by atoms with Crippen LogP contribution in [-0.4, -0.2) is 45.8 Å². The summed E-state index contributed by atoms with van der Waals surface area (Å²) in [6.07, 6.45) is -6.68. The molecule has 0 radical (unpaired) electrons. The number of hydrogen-bond acceptors (Lipinski definition) is 6. The summed E-state index contributed by atoms with van der Waals surface area (Å²) in [4.78, 5) is 12.4. The second kappa shape index (κ2) is 7.36. The molecule has 4 unspecified atom stereocenters. The predicted molar refractivity (Wildman–Crippen MR) is 89.5 cm³/mol. The predicted octanol–water partition coefficient (Wildman–Crippen LogP) is 0.664. The molecule has 1 aromatic carbocycles. The monoisotopic (exact) mass is 388 g/mol. The van der Waals surface area contributed by atoms with E-state index in [1.807, 2.05) is 0 Å². The van der Waals surface area contributed by atoms with Crippen molar-refractivity contribution in [2.24, 2.45) is 5.92 Å². The van der Waals surface area contributed by atoms with E-state index in [2.05, 4.69) is 16.1 Å². The molecular formula is C17H23F3N4O3. The number of aliphatic hydroxyl groups is 2. The Bertz CT molecular complexity index is 685. The number of benzene rings is 1. The summed E-state index contributed by atoms with van der Waals surface area (Å²) in [6, 6.07) is 3.78. The number of carbonyl (C=O) groups is 1. The van der Waals surface area contributed by atoms with Gasteiger partial charge in [0.15, 0.2) is 6.35 Å². The molecule has 2 aliphatic rings. The van der Waals surface area contributed by atoms with Gasteiger partial charge in [-0.2, -0.15) is 13.2 Å². The third kappa shape index (κ3) is 3.81. The van der Waals surface area contributed by atoms with Gasteiger partial charge >= 0.3 is 6.18 Å². The first-order valence-electron chi connectivity index (χ1n) is 8.77. The number of rotatable bonds is 4. The van der Waals surface area contributed by atoms with Crippen LogP contribution in [-0.2, 0) is 11.0 Å². The van der Waals surface area contributed by atoms with Crippen molar-refractivity contribution in [1.29, 1.82) is 0 Å². The molecule has 0 aromatic heterocycles. The summed E-state index contributed by atoms with van der Waals surface area (Å²) in [6.45, 7) is 3.56. The largest absolute Gasteiger partial charge is 0.416 e. The second-order valence-corrected chi connectivity index (χ2v) is 6.88. The van der Waals surface area contributed by atoms with Crippen LogP contribution >= 0.6 is 0 Å². The molecule has 27 heavy (non-hydrogen) atoms. The third-order valence-electron chi connectivity index (χ3n) is 5.21. The summed E-state index contributed by atoms with van der Waals surface area (Å²) >= 11 is 0. The van der Waals surface area contributed by atoms with Gasteiger partial charge in [0.05, 0.1) is 29.8 Å².